The van der Waals surface area contributed by atoms with E-state index in [9.17, 15) is 16.4 Å². The van der Waals surface area contributed by atoms with Crippen molar-refractivity contribution in [3.05, 3.63) is 0 Å². The molecule has 0 saturated heterocycles. The smallest absolute Gasteiger partial charge is 0.270 e. The van der Waals surface area contributed by atoms with Crippen LogP contribution in [0.25, 0.3) is 0 Å². The molecular weight excluding hydrogens is 336 g/mol. The van der Waals surface area contributed by atoms with Gasteiger partial charge in [0.2, 0.25) is 0 Å². The van der Waals surface area contributed by atoms with Gasteiger partial charge in [-0.15, -0.1) is 0 Å². The number of hydrogen-bond donors (Lipinski definition) is 0. The van der Waals surface area contributed by atoms with Crippen LogP contribution in [0.4, 0.5) is 16.4 Å². The zero-order valence-electron chi connectivity index (χ0n) is 15.3. The lowest BCUT2D eigenvalue weighted by molar-refractivity contribution is 0.489. The number of unbranched alkanes of at least 4 members (excludes halogenated alkanes) is 6. The maximum absolute atomic E-state index is 14.0. The molecule has 0 saturated carbocycles. The van der Waals surface area contributed by atoms with Gasteiger partial charge in [0.15, 0.2) is 0 Å². The van der Waals surface area contributed by atoms with Gasteiger partial charge in [-0.05, 0) is 30.5 Å². The lowest BCUT2D eigenvalue weighted by Crippen LogP contribution is -2.27. The second kappa shape index (κ2) is 12.5. The van der Waals surface area contributed by atoms with Gasteiger partial charge >= 0.3 is 17.5 Å². The lowest BCUT2D eigenvalue weighted by Gasteiger charge is -2.20. The molecule has 0 N–H and O–H groups in total. The van der Waals surface area contributed by atoms with Gasteiger partial charge in [-0.3, -0.25) is 16.4 Å². The van der Waals surface area contributed by atoms with Crippen molar-refractivity contribution in [3.63, 3.8) is 0 Å². The summed E-state index contributed by atoms with van der Waals surface area (Å²) in [5.74, 6) is -0.253. The molecule has 0 heterocycles. The molecule has 0 aliphatic rings. The Labute approximate surface area is 143 Å². The molecule has 0 aromatic heterocycles. The quantitative estimate of drug-likeness (QED) is 0.118. The van der Waals surface area contributed by atoms with E-state index < -0.39 is 17.5 Å². The topological polar surface area (TPSA) is 0 Å². The summed E-state index contributed by atoms with van der Waals surface area (Å²) in [4.78, 5) is 0. The normalized spacial score (nSPS) is 14.2. The van der Waals surface area contributed by atoms with Crippen molar-refractivity contribution in [3.8, 4) is 0 Å². The molecule has 0 radical (unpaired) electrons. The van der Waals surface area contributed by atoms with Crippen molar-refractivity contribution >= 4 is 17.5 Å². The van der Waals surface area contributed by atoms with Crippen molar-refractivity contribution in [2.45, 2.75) is 103 Å². The van der Waals surface area contributed by atoms with Crippen LogP contribution in [0.1, 0.15) is 78.6 Å². The predicted molar refractivity (Wildman–Crippen MR) is 97.2 cm³/mol. The minimum atomic E-state index is -4.18. The van der Waals surface area contributed by atoms with Crippen LogP contribution in [0.2, 0.25) is 24.2 Å². The summed E-state index contributed by atoms with van der Waals surface area (Å²) in [6, 6.07) is -0.104. The van der Waals surface area contributed by atoms with Crippen LogP contribution in [0, 0.1) is 5.92 Å². The molecular formula is C17H36F4Si2. The van der Waals surface area contributed by atoms with Gasteiger partial charge in [0, 0.05) is 6.04 Å². The molecule has 6 heteroatoms. The third-order valence-corrected chi connectivity index (χ3v) is 8.93. The molecule has 0 rings (SSSR count). The summed E-state index contributed by atoms with van der Waals surface area (Å²) < 4.78 is 55.7. The first-order chi connectivity index (χ1) is 10.7. The average molecular weight is 373 g/mol. The van der Waals surface area contributed by atoms with Gasteiger partial charge in [-0.2, -0.15) is 0 Å². The standard InChI is InChI=1S/C17H36F4Si2/c1-4-6-8-10-13-22(18,19)15-12-17(3)16-23(20,21)14-11-9-7-5-2/h17H,4-16H2,1-3H3. The molecule has 0 aliphatic carbocycles. The third kappa shape index (κ3) is 14.2. The summed E-state index contributed by atoms with van der Waals surface area (Å²) in [6.07, 6.45) is 7.33. The van der Waals surface area contributed by atoms with E-state index in [0.29, 0.717) is 12.8 Å². The first-order valence-corrected chi connectivity index (χ1v) is 13.8. The monoisotopic (exact) mass is 372 g/mol. The van der Waals surface area contributed by atoms with E-state index in [2.05, 4.69) is 13.8 Å². The SMILES string of the molecule is CCCCCC[Si](F)(F)CCC(C)C[Si](F)(F)CCCCCC. The van der Waals surface area contributed by atoms with Crippen LogP contribution in [0.5, 0.6) is 0 Å². The molecule has 0 bridgehead atoms. The molecule has 0 nitrogen and oxygen atoms in total. The molecule has 0 fully saturated rings. The first-order valence-electron chi connectivity index (χ1n) is 9.48. The average Bonchev–Trinajstić information content (AvgIpc) is 2.46. The molecule has 1 unspecified atom stereocenters. The molecule has 0 aromatic carbocycles. The van der Waals surface area contributed by atoms with Crippen molar-refractivity contribution < 1.29 is 16.4 Å². The van der Waals surface area contributed by atoms with Crippen LogP contribution in [-0.4, -0.2) is 17.5 Å². The summed E-state index contributed by atoms with van der Waals surface area (Å²) >= 11 is 0. The Morgan fingerprint density at radius 1 is 0.652 bits per heavy atom. The number of hydrogen-bond acceptors (Lipinski definition) is 0. The highest BCUT2D eigenvalue weighted by atomic mass is 28.4. The fraction of sp³-hybridized carbons (Fsp3) is 1.00. The van der Waals surface area contributed by atoms with Crippen molar-refractivity contribution in [1.82, 2.24) is 0 Å². The maximum atomic E-state index is 14.0. The van der Waals surface area contributed by atoms with Crippen LogP contribution in [0.15, 0.2) is 0 Å². The van der Waals surface area contributed by atoms with Gasteiger partial charge in [0.25, 0.3) is 0 Å². The minimum absolute atomic E-state index is 0.0438. The van der Waals surface area contributed by atoms with Gasteiger partial charge in [-0.1, -0.05) is 72.1 Å². The second-order valence-electron chi connectivity index (χ2n) is 7.18. The fourth-order valence-electron chi connectivity index (χ4n) is 2.92. The predicted octanol–water partition coefficient (Wildman–Crippen LogP) is 7.94. The summed E-state index contributed by atoms with van der Waals surface area (Å²) in [6.45, 7) is 5.85. The van der Waals surface area contributed by atoms with E-state index in [-0.39, 0.29) is 36.5 Å². The summed E-state index contributed by atoms with van der Waals surface area (Å²) in [5.41, 5.74) is 0. The number of halogens is 4. The number of rotatable bonds is 15. The summed E-state index contributed by atoms with van der Waals surface area (Å²) in [5, 5.41) is 0. The molecule has 0 amide bonds. The molecule has 0 spiro atoms. The van der Waals surface area contributed by atoms with Gasteiger partial charge in [-0.25, -0.2) is 0 Å². The molecule has 1 atom stereocenters. The highest BCUT2D eigenvalue weighted by Gasteiger charge is 2.38. The molecule has 0 aliphatic heterocycles. The van der Waals surface area contributed by atoms with Crippen LogP contribution in [-0.2, 0) is 0 Å². The highest BCUT2D eigenvalue weighted by Crippen LogP contribution is 2.32. The lowest BCUT2D eigenvalue weighted by atomic mass is 10.2. The summed E-state index contributed by atoms with van der Waals surface area (Å²) in [7, 11) is -8.34. The maximum Gasteiger partial charge on any atom is 0.425 e. The Balaban J connectivity index is 3.95. The minimum Gasteiger partial charge on any atom is -0.270 e. The molecule has 140 valence electrons. The molecule has 23 heavy (non-hydrogen) atoms. The van der Waals surface area contributed by atoms with Crippen LogP contribution in [0.3, 0.4) is 0 Å². The Morgan fingerprint density at radius 2 is 1.13 bits per heavy atom. The van der Waals surface area contributed by atoms with E-state index in [1.165, 1.54) is 0 Å². The van der Waals surface area contributed by atoms with E-state index in [0.717, 1.165) is 38.5 Å². The zero-order chi connectivity index (χ0) is 17.8. The zero-order valence-corrected chi connectivity index (χ0v) is 17.3. The van der Waals surface area contributed by atoms with Crippen molar-refractivity contribution in [2.75, 3.05) is 0 Å². The largest absolute Gasteiger partial charge is 0.425 e. The van der Waals surface area contributed by atoms with Crippen LogP contribution >= 0.6 is 0 Å². The van der Waals surface area contributed by atoms with Gasteiger partial charge in [0.1, 0.15) is 0 Å². The van der Waals surface area contributed by atoms with Crippen LogP contribution < -0.4 is 0 Å². The molecule has 0 aromatic rings. The Hall–Kier alpha value is 0.154. The van der Waals surface area contributed by atoms with Crippen molar-refractivity contribution in [1.29, 1.82) is 0 Å². The van der Waals surface area contributed by atoms with E-state index >= 15 is 0 Å². The van der Waals surface area contributed by atoms with E-state index in [1.54, 1.807) is 6.92 Å². The van der Waals surface area contributed by atoms with E-state index in [1.807, 2.05) is 0 Å². The third-order valence-electron chi connectivity index (χ3n) is 4.44. The van der Waals surface area contributed by atoms with Gasteiger partial charge < -0.3 is 0 Å². The van der Waals surface area contributed by atoms with E-state index in [4.69, 9.17) is 0 Å². The van der Waals surface area contributed by atoms with Crippen molar-refractivity contribution in [2.24, 2.45) is 5.92 Å². The highest BCUT2D eigenvalue weighted by molar-refractivity contribution is 6.66. The fourth-order valence-corrected chi connectivity index (χ4v) is 7.04. The van der Waals surface area contributed by atoms with Gasteiger partial charge in [0.05, 0.1) is 0 Å². The Bertz CT molecular complexity index is 286. The Kier molecular flexibility index (Phi) is 12.6. The Morgan fingerprint density at radius 3 is 1.61 bits per heavy atom. The first kappa shape index (κ1) is 23.2. The second-order valence-corrected chi connectivity index (χ2v) is 12.5.